The van der Waals surface area contributed by atoms with E-state index in [0.717, 1.165) is 36.8 Å². The highest BCUT2D eigenvalue weighted by Gasteiger charge is 2.31. The zero-order valence-corrected chi connectivity index (χ0v) is 26.0. The molecule has 11 heteroatoms. The van der Waals surface area contributed by atoms with Crippen molar-refractivity contribution in [1.82, 2.24) is 16.0 Å². The molecule has 234 valence electrons. The van der Waals surface area contributed by atoms with Crippen molar-refractivity contribution >= 4 is 25.9 Å². The summed E-state index contributed by atoms with van der Waals surface area (Å²) in [4.78, 5) is 37.2. The minimum absolute atomic E-state index is 0.0671. The van der Waals surface area contributed by atoms with Crippen molar-refractivity contribution in [2.75, 3.05) is 19.3 Å². The fourth-order valence-electron chi connectivity index (χ4n) is 5.25. The summed E-state index contributed by atoms with van der Waals surface area (Å²) in [6, 6.07) is 18.0. The fraction of sp³-hybridized carbons (Fsp3) is 0.531. The second-order valence-corrected chi connectivity index (χ2v) is 12.8. The molecule has 10 nitrogen and oxygen atoms in total. The summed E-state index contributed by atoms with van der Waals surface area (Å²) >= 11 is 0. The minimum atomic E-state index is -1.76. The second kappa shape index (κ2) is 18.4. The van der Waals surface area contributed by atoms with Crippen LogP contribution in [0, 0.1) is 17.8 Å². The zero-order valence-electron chi connectivity index (χ0n) is 25.1. The van der Waals surface area contributed by atoms with Crippen molar-refractivity contribution in [2.24, 2.45) is 17.8 Å². The SMILES string of the molecule is CC(C)[C@H](NC(=O)CNC(=O)OCc1ccccc1)C(=O)NC[C@H](O)CC1CCCC(C[P+](=O)OCc2ccccc2)C1. The summed E-state index contributed by atoms with van der Waals surface area (Å²) in [5.74, 6) is -0.578. The van der Waals surface area contributed by atoms with E-state index >= 15 is 0 Å². The van der Waals surface area contributed by atoms with Gasteiger partial charge in [-0.05, 0) is 46.8 Å². The Morgan fingerprint density at radius 2 is 1.56 bits per heavy atom. The maximum atomic E-state index is 12.9. The van der Waals surface area contributed by atoms with E-state index in [9.17, 15) is 24.1 Å². The third-order valence-electron chi connectivity index (χ3n) is 7.51. The molecule has 1 saturated carbocycles. The summed E-state index contributed by atoms with van der Waals surface area (Å²) in [6.07, 6.45) is 3.43. The Bertz CT molecular complexity index is 1170. The molecule has 2 aromatic rings. The highest BCUT2D eigenvalue weighted by Crippen LogP contribution is 2.38. The molecule has 4 N–H and O–H groups in total. The molecule has 0 aromatic heterocycles. The number of aliphatic hydroxyl groups is 1. The number of carbonyl (C=O) groups excluding carboxylic acids is 3. The van der Waals surface area contributed by atoms with Crippen molar-refractivity contribution in [3.63, 3.8) is 0 Å². The number of aliphatic hydroxyl groups excluding tert-OH is 1. The van der Waals surface area contributed by atoms with E-state index in [-0.39, 0.29) is 37.5 Å². The average Bonchev–Trinajstić information content (AvgIpc) is 3.00. The fourth-order valence-corrected chi connectivity index (χ4v) is 6.40. The maximum Gasteiger partial charge on any atom is 0.508 e. The average molecular weight is 615 g/mol. The lowest BCUT2D eigenvalue weighted by atomic mass is 9.79. The Hall–Kier alpha value is -3.33. The molecule has 43 heavy (non-hydrogen) atoms. The van der Waals surface area contributed by atoms with Gasteiger partial charge in [0.15, 0.2) is 6.16 Å². The van der Waals surface area contributed by atoms with Gasteiger partial charge in [0.05, 0.1) is 6.10 Å². The van der Waals surface area contributed by atoms with Gasteiger partial charge in [0.1, 0.15) is 25.8 Å². The summed E-state index contributed by atoms with van der Waals surface area (Å²) in [7, 11) is -1.76. The van der Waals surface area contributed by atoms with E-state index in [1.165, 1.54) is 0 Å². The first-order valence-electron chi connectivity index (χ1n) is 15.0. The topological polar surface area (TPSA) is 143 Å². The third-order valence-corrected chi connectivity index (χ3v) is 8.74. The van der Waals surface area contributed by atoms with E-state index < -0.39 is 38.1 Å². The second-order valence-electron chi connectivity index (χ2n) is 11.5. The third kappa shape index (κ3) is 13.2. The molecule has 1 fully saturated rings. The highest BCUT2D eigenvalue weighted by atomic mass is 31.1. The Labute approximate surface area is 255 Å². The molecule has 0 saturated heterocycles. The lowest BCUT2D eigenvalue weighted by molar-refractivity contribution is -0.129. The Morgan fingerprint density at radius 1 is 0.930 bits per heavy atom. The standard InChI is InChI=1S/C32H44N3O7P/c1-23(2)30(35-29(37)19-34-32(39)41-20-24-10-5-3-6-11-24)31(38)33-18-28(36)17-26-14-9-15-27(16-26)22-43(40)42-21-25-12-7-4-8-13-25/h3-8,10-13,23,26-28,30,36H,9,14-22H2,1-2H3,(H2-,33,34,35,37,38,39)/p+1/t26?,27?,28-,30+/m1/s1. The van der Waals surface area contributed by atoms with Crippen LogP contribution in [0.5, 0.6) is 0 Å². The lowest BCUT2D eigenvalue weighted by Gasteiger charge is -2.28. The molecule has 0 heterocycles. The Balaban J connectivity index is 1.34. The van der Waals surface area contributed by atoms with E-state index in [0.29, 0.717) is 19.2 Å². The molecule has 0 bridgehead atoms. The van der Waals surface area contributed by atoms with Gasteiger partial charge < -0.3 is 25.8 Å². The molecular weight excluding hydrogens is 569 g/mol. The van der Waals surface area contributed by atoms with Crippen LogP contribution in [-0.2, 0) is 36.6 Å². The van der Waals surface area contributed by atoms with Crippen LogP contribution >= 0.6 is 8.03 Å². The van der Waals surface area contributed by atoms with Gasteiger partial charge in [-0.15, -0.1) is 4.52 Å². The van der Waals surface area contributed by atoms with Gasteiger partial charge in [0, 0.05) is 12.5 Å². The van der Waals surface area contributed by atoms with Crippen molar-refractivity contribution in [3.05, 3.63) is 71.8 Å². The molecule has 0 radical (unpaired) electrons. The molecule has 5 atom stereocenters. The molecule has 0 spiro atoms. The Kier molecular flexibility index (Phi) is 14.6. The predicted octanol–water partition coefficient (Wildman–Crippen LogP) is 4.69. The number of nitrogens with one attached hydrogen (secondary N) is 3. The van der Waals surface area contributed by atoms with Crippen LogP contribution in [-0.4, -0.2) is 54.4 Å². The molecule has 2 aromatic carbocycles. The van der Waals surface area contributed by atoms with Crippen LogP contribution in [0.3, 0.4) is 0 Å². The van der Waals surface area contributed by atoms with Crippen molar-refractivity contribution < 1.29 is 33.3 Å². The number of benzene rings is 2. The van der Waals surface area contributed by atoms with Gasteiger partial charge >= 0.3 is 14.1 Å². The summed E-state index contributed by atoms with van der Waals surface area (Å²) < 4.78 is 23.2. The normalized spacial score (nSPS) is 18.3. The van der Waals surface area contributed by atoms with Crippen molar-refractivity contribution in [1.29, 1.82) is 0 Å². The van der Waals surface area contributed by atoms with Gasteiger partial charge in [0.2, 0.25) is 11.8 Å². The number of alkyl carbamates (subject to hydrolysis) is 1. The van der Waals surface area contributed by atoms with Crippen LogP contribution < -0.4 is 16.0 Å². The maximum absolute atomic E-state index is 12.9. The van der Waals surface area contributed by atoms with Gasteiger partial charge in [-0.2, -0.15) is 0 Å². The number of rotatable bonds is 16. The van der Waals surface area contributed by atoms with Crippen molar-refractivity contribution in [3.8, 4) is 0 Å². The van der Waals surface area contributed by atoms with Crippen LogP contribution in [0.2, 0.25) is 0 Å². The minimum Gasteiger partial charge on any atom is -0.445 e. The van der Waals surface area contributed by atoms with Crippen LogP contribution in [0.25, 0.3) is 0 Å². The lowest BCUT2D eigenvalue weighted by Crippen LogP contribution is -2.53. The molecule has 1 aliphatic rings. The number of amides is 3. The van der Waals surface area contributed by atoms with E-state index in [2.05, 4.69) is 16.0 Å². The summed E-state index contributed by atoms with van der Waals surface area (Å²) in [6.45, 7) is 3.76. The van der Waals surface area contributed by atoms with Gasteiger partial charge in [-0.3, -0.25) is 9.59 Å². The Morgan fingerprint density at radius 3 is 2.21 bits per heavy atom. The molecule has 3 unspecified atom stereocenters. The van der Waals surface area contributed by atoms with E-state index in [1.807, 2.05) is 60.7 Å². The molecule has 3 rings (SSSR count). The summed E-state index contributed by atoms with van der Waals surface area (Å²) in [5.41, 5.74) is 1.82. The predicted molar refractivity (Wildman–Crippen MR) is 164 cm³/mol. The first-order chi connectivity index (χ1) is 20.7. The molecular formula is C32H45N3O7P+. The zero-order chi connectivity index (χ0) is 31.0. The monoisotopic (exact) mass is 614 g/mol. The molecule has 1 aliphatic carbocycles. The van der Waals surface area contributed by atoms with Crippen LogP contribution in [0.4, 0.5) is 4.79 Å². The van der Waals surface area contributed by atoms with E-state index in [1.54, 1.807) is 13.8 Å². The molecule has 3 amide bonds. The van der Waals surface area contributed by atoms with Crippen molar-refractivity contribution in [2.45, 2.75) is 71.3 Å². The van der Waals surface area contributed by atoms with Crippen LogP contribution in [0.15, 0.2) is 60.7 Å². The van der Waals surface area contributed by atoms with E-state index in [4.69, 9.17) is 9.26 Å². The van der Waals surface area contributed by atoms with Gasteiger partial charge in [0.25, 0.3) is 0 Å². The van der Waals surface area contributed by atoms with Gasteiger partial charge in [-0.25, -0.2) is 4.79 Å². The van der Waals surface area contributed by atoms with Gasteiger partial charge in [-0.1, -0.05) is 87.4 Å². The first-order valence-corrected chi connectivity index (χ1v) is 16.4. The number of hydrogen-bond acceptors (Lipinski definition) is 7. The molecule has 0 aliphatic heterocycles. The largest absolute Gasteiger partial charge is 0.508 e. The highest BCUT2D eigenvalue weighted by molar-refractivity contribution is 7.39. The number of ether oxygens (including phenoxy) is 1. The number of carbonyl (C=O) groups is 3. The smallest absolute Gasteiger partial charge is 0.445 e. The quantitative estimate of drug-likeness (QED) is 0.201. The number of hydrogen-bond donors (Lipinski definition) is 4. The van der Waals surface area contributed by atoms with Crippen LogP contribution in [0.1, 0.15) is 57.1 Å². The first kappa shape index (κ1) is 34.2. The summed E-state index contributed by atoms with van der Waals surface area (Å²) in [5, 5.41) is 18.5.